The van der Waals surface area contributed by atoms with Crippen molar-refractivity contribution in [2.45, 2.75) is 0 Å². The molecule has 0 fully saturated rings. The molecule has 0 aliphatic rings. The van der Waals surface area contributed by atoms with Gasteiger partial charge in [-0.2, -0.15) is 0 Å². The van der Waals surface area contributed by atoms with Crippen molar-refractivity contribution in [3.63, 3.8) is 0 Å². The predicted molar refractivity (Wildman–Crippen MR) is 262 cm³/mol. The lowest BCUT2D eigenvalue weighted by Crippen LogP contribution is -1.94. The maximum absolute atomic E-state index is 2.45. The second kappa shape index (κ2) is 14.8. The molecule has 0 radical (unpaired) electrons. The summed E-state index contributed by atoms with van der Waals surface area (Å²) in [7, 11) is 0. The minimum Gasteiger partial charge on any atom is -0.309 e. The largest absolute Gasteiger partial charge is 0.309 e. The van der Waals surface area contributed by atoms with Crippen LogP contribution >= 0.6 is 0 Å². The molecule has 0 N–H and O–H groups in total. The summed E-state index contributed by atoms with van der Waals surface area (Å²) < 4.78 is 4.84. The van der Waals surface area contributed by atoms with Crippen LogP contribution in [0.2, 0.25) is 0 Å². The van der Waals surface area contributed by atoms with Crippen LogP contribution in [0, 0.1) is 0 Å². The van der Waals surface area contributed by atoms with E-state index in [1.165, 1.54) is 99.2 Å². The molecule has 10 aromatic carbocycles. The molecule has 0 unspecified atom stereocenters. The van der Waals surface area contributed by atoms with Crippen LogP contribution in [-0.4, -0.2) is 9.13 Å². The highest BCUT2D eigenvalue weighted by Gasteiger charge is 2.20. The molecule has 0 spiro atoms. The van der Waals surface area contributed by atoms with Gasteiger partial charge in [-0.1, -0.05) is 176 Å². The van der Waals surface area contributed by atoms with Crippen LogP contribution in [0.4, 0.5) is 0 Å². The summed E-state index contributed by atoms with van der Waals surface area (Å²) in [6.45, 7) is 0. The minimum absolute atomic E-state index is 1.14. The van der Waals surface area contributed by atoms with Crippen LogP contribution in [0.3, 0.4) is 0 Å². The van der Waals surface area contributed by atoms with Crippen LogP contribution in [-0.2, 0) is 0 Å². The van der Waals surface area contributed by atoms with Gasteiger partial charge in [-0.05, 0) is 122 Å². The Hall–Kier alpha value is -8.20. The van der Waals surface area contributed by atoms with Crippen molar-refractivity contribution in [1.29, 1.82) is 0 Å². The second-order valence-electron chi connectivity index (χ2n) is 16.1. The van der Waals surface area contributed by atoms with Crippen molar-refractivity contribution >= 4 is 43.6 Å². The second-order valence-corrected chi connectivity index (χ2v) is 16.1. The normalized spacial score (nSPS) is 11.5. The van der Waals surface area contributed by atoms with Crippen LogP contribution in [0.15, 0.2) is 243 Å². The zero-order chi connectivity index (χ0) is 41.0. The Labute approximate surface area is 360 Å². The minimum atomic E-state index is 1.14. The van der Waals surface area contributed by atoms with Crippen molar-refractivity contribution in [3.05, 3.63) is 243 Å². The van der Waals surface area contributed by atoms with Gasteiger partial charge >= 0.3 is 0 Å². The summed E-state index contributed by atoms with van der Waals surface area (Å²) in [5.74, 6) is 0. The molecule has 290 valence electrons. The number of para-hydroxylation sites is 3. The monoisotopic (exact) mass is 788 g/mol. The van der Waals surface area contributed by atoms with Gasteiger partial charge in [-0.15, -0.1) is 0 Å². The molecule has 0 aliphatic heterocycles. The zero-order valence-electron chi connectivity index (χ0n) is 34.0. The van der Waals surface area contributed by atoms with Crippen LogP contribution in [0.5, 0.6) is 0 Å². The van der Waals surface area contributed by atoms with Crippen molar-refractivity contribution < 1.29 is 0 Å². The molecule has 0 amide bonds. The number of benzene rings is 10. The van der Waals surface area contributed by atoms with Crippen LogP contribution in [0.25, 0.3) is 111 Å². The van der Waals surface area contributed by atoms with Gasteiger partial charge in [-0.25, -0.2) is 0 Å². The standard InChI is InChI=1S/C60H40N2/c1-5-15-41(16-6-1)43-25-27-45(28-26-43)49-39-53(46-31-29-44(30-32-46)42-17-7-2-8-18-42)60-55-38-48(34-36-58(55)62(59(60)40-49)51-21-11-4-12-22-51)47-33-35-57-54(37-47)52-23-13-14-24-56(52)61(57)50-19-9-3-10-20-50/h1-40H. The summed E-state index contributed by atoms with van der Waals surface area (Å²) in [6, 6.07) is 88.5. The summed E-state index contributed by atoms with van der Waals surface area (Å²) in [5, 5.41) is 4.96. The van der Waals surface area contributed by atoms with Crippen molar-refractivity contribution in [3.8, 4) is 67.0 Å². The van der Waals surface area contributed by atoms with E-state index in [1.54, 1.807) is 0 Å². The van der Waals surface area contributed by atoms with Crippen LogP contribution < -0.4 is 0 Å². The fourth-order valence-corrected chi connectivity index (χ4v) is 9.54. The average Bonchev–Trinajstić information content (AvgIpc) is 3.87. The lowest BCUT2D eigenvalue weighted by molar-refractivity contribution is 1.18. The highest BCUT2D eigenvalue weighted by atomic mass is 15.0. The first-order valence-electron chi connectivity index (χ1n) is 21.3. The number of nitrogens with zero attached hydrogens (tertiary/aromatic N) is 2. The van der Waals surface area contributed by atoms with E-state index >= 15 is 0 Å². The third-order valence-electron chi connectivity index (χ3n) is 12.5. The molecule has 2 nitrogen and oxygen atoms in total. The summed E-state index contributed by atoms with van der Waals surface area (Å²) in [4.78, 5) is 0. The van der Waals surface area contributed by atoms with E-state index in [-0.39, 0.29) is 0 Å². The average molecular weight is 789 g/mol. The summed E-state index contributed by atoms with van der Waals surface area (Å²) >= 11 is 0. The molecule has 12 rings (SSSR count). The topological polar surface area (TPSA) is 9.86 Å². The van der Waals surface area contributed by atoms with E-state index < -0.39 is 0 Å². The Morgan fingerprint density at radius 2 is 0.597 bits per heavy atom. The highest BCUT2D eigenvalue weighted by Crippen LogP contribution is 2.44. The molecule has 0 bridgehead atoms. The third kappa shape index (κ3) is 6.04. The van der Waals surface area contributed by atoms with Gasteiger partial charge in [0.05, 0.1) is 22.1 Å². The molecule has 2 aromatic heterocycles. The van der Waals surface area contributed by atoms with E-state index in [0.717, 1.165) is 11.4 Å². The summed E-state index contributed by atoms with van der Waals surface area (Å²) in [6.07, 6.45) is 0. The molecular weight excluding hydrogens is 749 g/mol. The van der Waals surface area contributed by atoms with E-state index in [0.29, 0.717) is 0 Å². The fraction of sp³-hybridized carbons (Fsp3) is 0. The van der Waals surface area contributed by atoms with Crippen LogP contribution in [0.1, 0.15) is 0 Å². The Morgan fingerprint density at radius 1 is 0.210 bits per heavy atom. The number of rotatable bonds is 7. The van der Waals surface area contributed by atoms with E-state index in [4.69, 9.17) is 0 Å². The van der Waals surface area contributed by atoms with E-state index in [2.05, 4.69) is 252 Å². The number of aromatic nitrogens is 2. The quantitative estimate of drug-likeness (QED) is 0.152. The SMILES string of the molecule is c1ccc(-c2ccc(-c3cc(-c4ccc(-c5ccccc5)cc4)c4c5cc(-c6ccc7c(c6)c6ccccc6n7-c6ccccc6)ccc5n(-c5ccccc5)c4c3)cc2)cc1. The smallest absolute Gasteiger partial charge is 0.0553 e. The first-order chi connectivity index (χ1) is 30.7. The number of hydrogen-bond acceptors (Lipinski definition) is 0. The fourth-order valence-electron chi connectivity index (χ4n) is 9.54. The van der Waals surface area contributed by atoms with Crippen molar-refractivity contribution in [2.75, 3.05) is 0 Å². The lowest BCUT2D eigenvalue weighted by atomic mass is 9.92. The van der Waals surface area contributed by atoms with E-state index in [1.807, 2.05) is 0 Å². The zero-order valence-corrected chi connectivity index (χ0v) is 34.0. The molecule has 0 saturated heterocycles. The molecule has 0 atom stereocenters. The summed E-state index contributed by atoms with van der Waals surface area (Å²) in [5.41, 5.74) is 19.1. The highest BCUT2D eigenvalue weighted by molar-refractivity contribution is 6.18. The Kier molecular flexibility index (Phi) is 8.53. The van der Waals surface area contributed by atoms with Gasteiger partial charge in [-0.3, -0.25) is 0 Å². The molecular formula is C60H40N2. The first kappa shape index (κ1) is 35.7. The molecule has 2 heterocycles. The Bertz CT molecular complexity index is 3560. The maximum Gasteiger partial charge on any atom is 0.0553 e. The van der Waals surface area contributed by atoms with Gasteiger partial charge < -0.3 is 9.13 Å². The predicted octanol–water partition coefficient (Wildman–Crippen LogP) is 16.2. The van der Waals surface area contributed by atoms with Gasteiger partial charge in [0.2, 0.25) is 0 Å². The number of fused-ring (bicyclic) bond motifs is 6. The molecule has 0 saturated carbocycles. The van der Waals surface area contributed by atoms with Gasteiger partial charge in [0.15, 0.2) is 0 Å². The molecule has 0 aliphatic carbocycles. The lowest BCUT2D eigenvalue weighted by Gasteiger charge is -2.13. The molecule has 12 aromatic rings. The van der Waals surface area contributed by atoms with Gasteiger partial charge in [0, 0.05) is 32.9 Å². The maximum atomic E-state index is 2.45. The first-order valence-corrected chi connectivity index (χ1v) is 21.3. The van der Waals surface area contributed by atoms with E-state index in [9.17, 15) is 0 Å². The number of hydrogen-bond donors (Lipinski definition) is 0. The van der Waals surface area contributed by atoms with Gasteiger partial charge in [0.25, 0.3) is 0 Å². The molecule has 62 heavy (non-hydrogen) atoms. The Balaban J connectivity index is 1.09. The van der Waals surface area contributed by atoms with Crippen molar-refractivity contribution in [2.24, 2.45) is 0 Å². The third-order valence-corrected chi connectivity index (χ3v) is 12.5. The van der Waals surface area contributed by atoms with Crippen molar-refractivity contribution in [1.82, 2.24) is 9.13 Å². The van der Waals surface area contributed by atoms with Gasteiger partial charge in [0.1, 0.15) is 0 Å². The molecule has 2 heteroatoms. The Morgan fingerprint density at radius 3 is 1.16 bits per heavy atom.